The van der Waals surface area contributed by atoms with E-state index in [1.165, 1.54) is 6.07 Å². The highest BCUT2D eigenvalue weighted by Crippen LogP contribution is 2.24. The molecule has 1 unspecified atom stereocenters. The minimum absolute atomic E-state index is 0.0304. The first kappa shape index (κ1) is 11.7. The van der Waals surface area contributed by atoms with Crippen LogP contribution in [0.5, 0.6) is 5.75 Å². The van der Waals surface area contributed by atoms with Crippen LogP contribution in [0, 0.1) is 5.82 Å². The molecule has 17 heavy (non-hydrogen) atoms. The highest BCUT2D eigenvalue weighted by molar-refractivity contribution is 5.34. The van der Waals surface area contributed by atoms with Crippen molar-refractivity contribution in [2.75, 3.05) is 0 Å². The molecule has 2 rings (SSSR count). The summed E-state index contributed by atoms with van der Waals surface area (Å²) < 4.78 is 17.8. The maximum Gasteiger partial charge on any atom is 0.126 e. The number of phenolic OH excluding ortho intramolecular Hbond substituents is 1. The molecule has 90 valence electrons. The third kappa shape index (κ3) is 2.85. The average Bonchev–Trinajstić information content (AvgIpc) is 2.78. The van der Waals surface area contributed by atoms with E-state index in [0.717, 1.165) is 11.6 Å². The first-order valence-electron chi connectivity index (χ1n) is 5.39. The lowest BCUT2D eigenvalue weighted by Crippen LogP contribution is -2.17. The van der Waals surface area contributed by atoms with Crippen LogP contribution >= 0.6 is 0 Å². The molecule has 1 aromatic heterocycles. The van der Waals surface area contributed by atoms with Crippen LogP contribution in [0.3, 0.4) is 0 Å². The largest absolute Gasteiger partial charge is 0.508 e. The second-order valence-corrected chi connectivity index (χ2v) is 3.94. The number of halogens is 1. The van der Waals surface area contributed by atoms with Crippen molar-refractivity contribution in [3.05, 3.63) is 53.7 Å². The molecule has 0 aliphatic heterocycles. The highest BCUT2D eigenvalue weighted by atomic mass is 19.1. The molecule has 4 heteroatoms. The van der Waals surface area contributed by atoms with Crippen molar-refractivity contribution in [1.82, 2.24) is 5.32 Å². The standard InChI is InChI=1S/C13H14FNO2/c1-9(15-7-10-4-5-17-8-10)12-3-2-11(14)6-13(12)16/h2-6,8-9,15-16H,7H2,1H3. The van der Waals surface area contributed by atoms with Crippen LogP contribution in [0.1, 0.15) is 24.1 Å². The summed E-state index contributed by atoms with van der Waals surface area (Å²) in [6.07, 6.45) is 3.27. The Bertz CT molecular complexity index is 482. The van der Waals surface area contributed by atoms with Crippen LogP contribution in [-0.2, 0) is 6.54 Å². The molecule has 2 aromatic rings. The van der Waals surface area contributed by atoms with Crippen LogP contribution in [0.15, 0.2) is 41.2 Å². The summed E-state index contributed by atoms with van der Waals surface area (Å²) in [6, 6.07) is 5.84. The van der Waals surface area contributed by atoms with E-state index in [-0.39, 0.29) is 11.8 Å². The zero-order valence-corrected chi connectivity index (χ0v) is 9.48. The van der Waals surface area contributed by atoms with Crippen molar-refractivity contribution < 1.29 is 13.9 Å². The van der Waals surface area contributed by atoms with E-state index in [1.807, 2.05) is 13.0 Å². The lowest BCUT2D eigenvalue weighted by Gasteiger charge is -2.14. The molecule has 0 saturated heterocycles. The van der Waals surface area contributed by atoms with Crippen molar-refractivity contribution in [3.8, 4) is 5.75 Å². The van der Waals surface area contributed by atoms with E-state index in [4.69, 9.17) is 4.42 Å². The van der Waals surface area contributed by atoms with Gasteiger partial charge in [0.05, 0.1) is 12.5 Å². The molecule has 2 N–H and O–H groups in total. The minimum Gasteiger partial charge on any atom is -0.508 e. The van der Waals surface area contributed by atoms with E-state index in [0.29, 0.717) is 12.1 Å². The second kappa shape index (κ2) is 5.01. The van der Waals surface area contributed by atoms with Gasteiger partial charge in [0.1, 0.15) is 11.6 Å². The molecule has 0 amide bonds. The zero-order valence-electron chi connectivity index (χ0n) is 9.48. The van der Waals surface area contributed by atoms with E-state index < -0.39 is 5.82 Å². The van der Waals surface area contributed by atoms with Crippen molar-refractivity contribution >= 4 is 0 Å². The topological polar surface area (TPSA) is 45.4 Å². The van der Waals surface area contributed by atoms with Crippen LogP contribution in [0.25, 0.3) is 0 Å². The third-order valence-electron chi connectivity index (χ3n) is 2.65. The summed E-state index contributed by atoms with van der Waals surface area (Å²) in [5.74, 6) is -0.467. The molecule has 1 aromatic carbocycles. The number of hydrogen-bond acceptors (Lipinski definition) is 3. The predicted molar refractivity (Wildman–Crippen MR) is 62.0 cm³/mol. The molecule has 3 nitrogen and oxygen atoms in total. The lowest BCUT2D eigenvalue weighted by molar-refractivity contribution is 0.446. The monoisotopic (exact) mass is 235 g/mol. The molecule has 0 saturated carbocycles. The van der Waals surface area contributed by atoms with Crippen molar-refractivity contribution in [1.29, 1.82) is 0 Å². The maximum absolute atomic E-state index is 12.8. The molecular formula is C13H14FNO2. The molecule has 0 spiro atoms. The number of aromatic hydroxyl groups is 1. The first-order valence-corrected chi connectivity index (χ1v) is 5.39. The van der Waals surface area contributed by atoms with Gasteiger partial charge < -0.3 is 14.8 Å². The van der Waals surface area contributed by atoms with Gasteiger partial charge in [-0.25, -0.2) is 4.39 Å². The summed E-state index contributed by atoms with van der Waals surface area (Å²) in [4.78, 5) is 0. The number of benzene rings is 1. The van der Waals surface area contributed by atoms with Gasteiger partial charge in [0.25, 0.3) is 0 Å². The molecule has 1 atom stereocenters. The Morgan fingerprint density at radius 2 is 2.24 bits per heavy atom. The fraction of sp³-hybridized carbons (Fsp3) is 0.231. The number of rotatable bonds is 4. The van der Waals surface area contributed by atoms with Crippen LogP contribution in [0.2, 0.25) is 0 Å². The molecule has 0 fully saturated rings. The summed E-state index contributed by atoms with van der Waals surface area (Å²) in [5, 5.41) is 12.8. The van der Waals surface area contributed by atoms with Crippen molar-refractivity contribution in [2.45, 2.75) is 19.5 Å². The second-order valence-electron chi connectivity index (χ2n) is 3.94. The number of furan rings is 1. The Labute approximate surface area is 98.9 Å². The Kier molecular flexibility index (Phi) is 3.44. The predicted octanol–water partition coefficient (Wildman–Crippen LogP) is 2.98. The van der Waals surface area contributed by atoms with Gasteiger partial charge in [0.15, 0.2) is 0 Å². The van der Waals surface area contributed by atoms with E-state index in [9.17, 15) is 9.50 Å². The van der Waals surface area contributed by atoms with Gasteiger partial charge >= 0.3 is 0 Å². The third-order valence-corrected chi connectivity index (χ3v) is 2.65. The molecule has 0 aliphatic rings. The van der Waals surface area contributed by atoms with E-state index >= 15 is 0 Å². The molecule has 0 aliphatic carbocycles. The van der Waals surface area contributed by atoms with Gasteiger partial charge in [-0.05, 0) is 19.1 Å². The van der Waals surface area contributed by atoms with Crippen LogP contribution < -0.4 is 5.32 Å². The quantitative estimate of drug-likeness (QED) is 0.856. The number of nitrogens with one attached hydrogen (secondary N) is 1. The van der Waals surface area contributed by atoms with Crippen LogP contribution in [-0.4, -0.2) is 5.11 Å². The molecule has 0 radical (unpaired) electrons. The van der Waals surface area contributed by atoms with Crippen molar-refractivity contribution in [3.63, 3.8) is 0 Å². The summed E-state index contributed by atoms with van der Waals surface area (Å²) >= 11 is 0. The smallest absolute Gasteiger partial charge is 0.126 e. The number of hydrogen-bond donors (Lipinski definition) is 2. The number of phenols is 1. The molecule has 1 heterocycles. The fourth-order valence-electron chi connectivity index (χ4n) is 1.66. The van der Waals surface area contributed by atoms with Crippen LogP contribution in [0.4, 0.5) is 4.39 Å². The zero-order chi connectivity index (χ0) is 12.3. The maximum atomic E-state index is 12.8. The molecular weight excluding hydrogens is 221 g/mol. The fourth-order valence-corrected chi connectivity index (χ4v) is 1.66. The van der Waals surface area contributed by atoms with E-state index in [2.05, 4.69) is 5.32 Å². The molecule has 0 bridgehead atoms. The minimum atomic E-state index is -0.437. The lowest BCUT2D eigenvalue weighted by atomic mass is 10.1. The van der Waals surface area contributed by atoms with Gasteiger partial charge in [-0.15, -0.1) is 0 Å². The Morgan fingerprint density at radius 1 is 1.41 bits per heavy atom. The summed E-state index contributed by atoms with van der Waals surface area (Å²) in [7, 11) is 0. The Morgan fingerprint density at radius 3 is 2.88 bits per heavy atom. The van der Waals surface area contributed by atoms with Gasteiger partial charge in [-0.2, -0.15) is 0 Å². The van der Waals surface area contributed by atoms with Gasteiger partial charge in [0.2, 0.25) is 0 Å². The normalized spacial score (nSPS) is 12.6. The van der Waals surface area contributed by atoms with Gasteiger partial charge in [-0.3, -0.25) is 0 Å². The Hall–Kier alpha value is -1.81. The SMILES string of the molecule is CC(NCc1ccoc1)c1ccc(F)cc1O. The average molecular weight is 235 g/mol. The van der Waals surface area contributed by atoms with Gasteiger partial charge in [0, 0.05) is 29.8 Å². The Balaban J connectivity index is 2.01. The van der Waals surface area contributed by atoms with Crippen molar-refractivity contribution in [2.24, 2.45) is 0 Å². The summed E-state index contributed by atoms with van der Waals surface area (Å²) in [6.45, 7) is 2.54. The first-order chi connectivity index (χ1) is 8.16. The highest BCUT2D eigenvalue weighted by Gasteiger charge is 2.10. The summed E-state index contributed by atoms with van der Waals surface area (Å²) in [5.41, 5.74) is 1.70. The van der Waals surface area contributed by atoms with E-state index in [1.54, 1.807) is 18.6 Å². The van der Waals surface area contributed by atoms with Gasteiger partial charge in [-0.1, -0.05) is 6.07 Å².